The van der Waals surface area contributed by atoms with Gasteiger partial charge < -0.3 is 20.9 Å². The van der Waals surface area contributed by atoms with E-state index in [-0.39, 0.29) is 0 Å². The van der Waals surface area contributed by atoms with Crippen molar-refractivity contribution in [3.05, 3.63) is 42.2 Å². The molecule has 1 aromatic heterocycles. The molecule has 6 nitrogen and oxygen atoms in total. The van der Waals surface area contributed by atoms with Gasteiger partial charge in [0, 0.05) is 17.8 Å². The molecule has 0 aliphatic carbocycles. The van der Waals surface area contributed by atoms with Crippen LogP contribution < -0.4 is 20.9 Å². The van der Waals surface area contributed by atoms with Crippen molar-refractivity contribution < 1.29 is 14.3 Å². The van der Waals surface area contributed by atoms with Crippen LogP contribution in [0.4, 0.5) is 5.69 Å². The normalized spacial score (nSPS) is 9.95. The van der Waals surface area contributed by atoms with Crippen molar-refractivity contribution in [1.82, 2.24) is 4.98 Å². The van der Waals surface area contributed by atoms with Crippen molar-refractivity contribution in [2.24, 2.45) is 5.73 Å². The van der Waals surface area contributed by atoms with Crippen LogP contribution >= 0.6 is 0 Å². The quantitative estimate of drug-likeness (QED) is 0.867. The van der Waals surface area contributed by atoms with Gasteiger partial charge in [0.1, 0.15) is 0 Å². The fourth-order valence-corrected chi connectivity index (χ4v) is 1.51. The van der Waals surface area contributed by atoms with E-state index in [1.54, 1.807) is 24.4 Å². The van der Waals surface area contributed by atoms with E-state index in [1.165, 1.54) is 19.4 Å². The first-order chi connectivity index (χ1) is 9.11. The number of primary amides is 1. The van der Waals surface area contributed by atoms with Crippen LogP contribution in [0, 0.1) is 0 Å². The van der Waals surface area contributed by atoms with E-state index in [1.807, 2.05) is 0 Å². The number of nitrogen functional groups attached to an aromatic ring is 1. The Balaban J connectivity index is 2.35. The summed E-state index contributed by atoms with van der Waals surface area (Å²) in [5.41, 5.74) is 11.7. The first kappa shape index (κ1) is 12.7. The number of anilines is 1. The molecule has 0 saturated heterocycles. The minimum atomic E-state index is -0.534. The number of amides is 1. The zero-order chi connectivity index (χ0) is 13.8. The second-order valence-corrected chi connectivity index (χ2v) is 3.75. The number of methoxy groups -OCH3 is 1. The summed E-state index contributed by atoms with van der Waals surface area (Å²) in [6, 6.07) is 6.29. The van der Waals surface area contributed by atoms with E-state index in [0.717, 1.165) is 0 Å². The monoisotopic (exact) mass is 259 g/mol. The summed E-state index contributed by atoms with van der Waals surface area (Å²) >= 11 is 0. The Kier molecular flexibility index (Phi) is 3.51. The number of hydrogen-bond acceptors (Lipinski definition) is 5. The number of ether oxygens (including phenoxy) is 2. The van der Waals surface area contributed by atoms with Crippen LogP contribution in [-0.2, 0) is 0 Å². The predicted molar refractivity (Wildman–Crippen MR) is 70.2 cm³/mol. The summed E-state index contributed by atoms with van der Waals surface area (Å²) < 4.78 is 10.8. The van der Waals surface area contributed by atoms with Crippen LogP contribution in [0.1, 0.15) is 10.4 Å². The Morgan fingerprint density at radius 1 is 1.21 bits per heavy atom. The minimum absolute atomic E-state index is 0.340. The van der Waals surface area contributed by atoms with Gasteiger partial charge in [0.05, 0.1) is 19.0 Å². The van der Waals surface area contributed by atoms with E-state index in [0.29, 0.717) is 28.5 Å². The molecule has 0 aliphatic rings. The lowest BCUT2D eigenvalue weighted by Crippen LogP contribution is -2.10. The van der Waals surface area contributed by atoms with Crippen molar-refractivity contribution in [2.75, 3.05) is 12.8 Å². The number of carbonyl (C=O) groups excluding carboxylic acids is 1. The number of benzene rings is 1. The molecule has 1 aromatic carbocycles. The summed E-state index contributed by atoms with van der Waals surface area (Å²) in [5.74, 6) is 0.756. The number of nitrogens with zero attached hydrogens (tertiary/aromatic N) is 1. The molecule has 19 heavy (non-hydrogen) atoms. The summed E-state index contributed by atoms with van der Waals surface area (Å²) in [4.78, 5) is 15.0. The summed E-state index contributed by atoms with van der Waals surface area (Å²) in [5, 5.41) is 0. The van der Waals surface area contributed by atoms with Gasteiger partial charge in [-0.05, 0) is 18.2 Å². The van der Waals surface area contributed by atoms with Crippen LogP contribution in [0.25, 0.3) is 0 Å². The molecule has 0 aliphatic heterocycles. The van der Waals surface area contributed by atoms with Crippen LogP contribution in [-0.4, -0.2) is 18.0 Å². The van der Waals surface area contributed by atoms with E-state index >= 15 is 0 Å². The second-order valence-electron chi connectivity index (χ2n) is 3.75. The lowest BCUT2D eigenvalue weighted by molar-refractivity contribution is 0.1000. The first-order valence-electron chi connectivity index (χ1n) is 5.47. The molecule has 1 amide bonds. The lowest BCUT2D eigenvalue weighted by atomic mass is 10.2. The van der Waals surface area contributed by atoms with E-state index in [9.17, 15) is 4.79 Å². The van der Waals surface area contributed by atoms with Crippen LogP contribution in [0.5, 0.6) is 17.2 Å². The lowest BCUT2D eigenvalue weighted by Gasteiger charge is -2.12. The second kappa shape index (κ2) is 5.26. The number of rotatable bonds is 4. The first-order valence-corrected chi connectivity index (χ1v) is 5.47. The fourth-order valence-electron chi connectivity index (χ4n) is 1.51. The maximum absolute atomic E-state index is 11.1. The predicted octanol–water partition coefficient (Wildman–Crippen LogP) is 1.56. The average Bonchev–Trinajstić information content (AvgIpc) is 2.41. The van der Waals surface area contributed by atoms with Crippen molar-refractivity contribution >= 4 is 11.6 Å². The van der Waals surface area contributed by atoms with E-state index < -0.39 is 5.91 Å². The summed E-state index contributed by atoms with van der Waals surface area (Å²) in [6.45, 7) is 0. The maximum atomic E-state index is 11.1. The maximum Gasteiger partial charge on any atom is 0.248 e. The molecule has 0 saturated carbocycles. The topological polar surface area (TPSA) is 100 Å². The van der Waals surface area contributed by atoms with Crippen molar-refractivity contribution in [2.45, 2.75) is 0 Å². The number of aromatic nitrogens is 1. The van der Waals surface area contributed by atoms with Gasteiger partial charge in [0.25, 0.3) is 0 Å². The molecule has 1 heterocycles. The van der Waals surface area contributed by atoms with Crippen LogP contribution in [0.15, 0.2) is 36.7 Å². The molecular formula is C13H13N3O3. The molecule has 2 rings (SSSR count). The Labute approximate surface area is 110 Å². The van der Waals surface area contributed by atoms with Gasteiger partial charge in [-0.15, -0.1) is 0 Å². The average molecular weight is 259 g/mol. The van der Waals surface area contributed by atoms with Gasteiger partial charge in [0.2, 0.25) is 5.91 Å². The SMILES string of the molecule is COc1cc(C(N)=O)ccc1Oc1ccncc1N. The Bertz CT molecular complexity index is 614. The Hall–Kier alpha value is -2.76. The third kappa shape index (κ3) is 2.74. The number of nitrogens with two attached hydrogens (primary N) is 2. The highest BCUT2D eigenvalue weighted by Crippen LogP contribution is 2.34. The third-order valence-corrected chi connectivity index (χ3v) is 2.48. The van der Waals surface area contributed by atoms with Crippen molar-refractivity contribution in [1.29, 1.82) is 0 Å². The Morgan fingerprint density at radius 3 is 2.63 bits per heavy atom. The zero-order valence-electron chi connectivity index (χ0n) is 10.3. The van der Waals surface area contributed by atoms with Gasteiger partial charge in [-0.25, -0.2) is 0 Å². The highest BCUT2D eigenvalue weighted by molar-refractivity contribution is 5.93. The number of hydrogen-bond donors (Lipinski definition) is 2. The largest absolute Gasteiger partial charge is 0.493 e. The molecule has 98 valence electrons. The summed E-state index contributed by atoms with van der Waals surface area (Å²) in [6.07, 6.45) is 3.05. The molecular weight excluding hydrogens is 246 g/mol. The fraction of sp³-hybridized carbons (Fsp3) is 0.0769. The molecule has 0 bridgehead atoms. The van der Waals surface area contributed by atoms with Gasteiger partial charge in [0.15, 0.2) is 17.2 Å². The van der Waals surface area contributed by atoms with E-state index in [4.69, 9.17) is 20.9 Å². The molecule has 2 aromatic rings. The molecule has 4 N–H and O–H groups in total. The van der Waals surface area contributed by atoms with E-state index in [2.05, 4.69) is 4.98 Å². The Morgan fingerprint density at radius 2 is 2.00 bits per heavy atom. The molecule has 0 unspecified atom stereocenters. The number of pyridine rings is 1. The molecule has 0 fully saturated rings. The zero-order valence-corrected chi connectivity index (χ0v) is 10.3. The van der Waals surface area contributed by atoms with Gasteiger partial charge in [-0.3, -0.25) is 9.78 Å². The van der Waals surface area contributed by atoms with Crippen molar-refractivity contribution in [3.8, 4) is 17.2 Å². The third-order valence-electron chi connectivity index (χ3n) is 2.48. The highest BCUT2D eigenvalue weighted by Gasteiger charge is 2.10. The minimum Gasteiger partial charge on any atom is -0.493 e. The van der Waals surface area contributed by atoms with Gasteiger partial charge in [-0.1, -0.05) is 0 Å². The van der Waals surface area contributed by atoms with Crippen LogP contribution in [0.2, 0.25) is 0 Å². The highest BCUT2D eigenvalue weighted by atomic mass is 16.5. The van der Waals surface area contributed by atoms with Gasteiger partial charge in [-0.2, -0.15) is 0 Å². The smallest absolute Gasteiger partial charge is 0.248 e. The number of carbonyl (C=O) groups is 1. The molecule has 6 heteroatoms. The van der Waals surface area contributed by atoms with Crippen molar-refractivity contribution in [3.63, 3.8) is 0 Å². The molecule has 0 atom stereocenters. The standard InChI is InChI=1S/C13H13N3O3/c1-18-12-6-8(13(15)17)2-3-11(12)19-10-4-5-16-7-9(10)14/h2-7H,14H2,1H3,(H2,15,17). The molecule has 0 spiro atoms. The van der Waals surface area contributed by atoms with Gasteiger partial charge >= 0.3 is 0 Å². The summed E-state index contributed by atoms with van der Waals surface area (Å²) in [7, 11) is 1.48. The molecule has 0 radical (unpaired) electrons. The van der Waals surface area contributed by atoms with Crippen LogP contribution in [0.3, 0.4) is 0 Å².